The van der Waals surface area contributed by atoms with Crippen molar-refractivity contribution < 1.29 is 32.2 Å². The van der Waals surface area contributed by atoms with Gasteiger partial charge in [-0.05, 0) is 58.7 Å². The van der Waals surface area contributed by atoms with Crippen LogP contribution >= 0.6 is 0 Å². The summed E-state index contributed by atoms with van der Waals surface area (Å²) < 4.78 is 44.0. The topological polar surface area (TPSA) is 117 Å². The van der Waals surface area contributed by atoms with E-state index in [1.807, 2.05) is 20.8 Å². The molecule has 2 aliphatic rings. The van der Waals surface area contributed by atoms with Crippen LogP contribution in [-0.2, 0) is 25.1 Å². The number of amides is 1. The quantitative estimate of drug-likeness (QED) is 0.579. The van der Waals surface area contributed by atoms with Crippen molar-refractivity contribution >= 4 is 21.9 Å². The Morgan fingerprint density at radius 1 is 1.23 bits per heavy atom. The zero-order valence-corrected chi connectivity index (χ0v) is 21.5. The number of benzene rings is 1. The van der Waals surface area contributed by atoms with E-state index in [9.17, 15) is 18.0 Å². The van der Waals surface area contributed by atoms with Crippen molar-refractivity contribution in [2.45, 2.75) is 62.8 Å². The van der Waals surface area contributed by atoms with Gasteiger partial charge in [-0.3, -0.25) is 4.68 Å². The van der Waals surface area contributed by atoms with Gasteiger partial charge in [-0.1, -0.05) is 0 Å². The number of ether oxygens (including phenoxy) is 3. The van der Waals surface area contributed by atoms with Crippen LogP contribution in [-0.4, -0.2) is 67.6 Å². The van der Waals surface area contributed by atoms with Crippen molar-refractivity contribution in [3.05, 3.63) is 29.5 Å². The average Bonchev–Trinajstić information content (AvgIpc) is 3.16. The van der Waals surface area contributed by atoms with E-state index in [4.69, 9.17) is 14.2 Å². The van der Waals surface area contributed by atoms with Crippen LogP contribution < -0.4 is 4.74 Å². The number of methoxy groups -OCH3 is 1. The van der Waals surface area contributed by atoms with Crippen LogP contribution in [0.4, 0.5) is 4.79 Å². The van der Waals surface area contributed by atoms with E-state index in [2.05, 4.69) is 5.10 Å². The second kappa shape index (κ2) is 9.18. The summed E-state index contributed by atoms with van der Waals surface area (Å²) in [5, 5.41) is 4.58. The van der Waals surface area contributed by atoms with E-state index in [0.29, 0.717) is 48.5 Å². The zero-order valence-electron chi connectivity index (χ0n) is 20.7. The normalized spacial score (nSPS) is 18.9. The minimum atomic E-state index is -3.75. The van der Waals surface area contributed by atoms with Crippen LogP contribution in [0.5, 0.6) is 5.75 Å². The highest BCUT2D eigenvalue weighted by molar-refractivity contribution is 7.90. The fourth-order valence-corrected chi connectivity index (χ4v) is 6.12. The first-order valence-electron chi connectivity index (χ1n) is 11.6. The Hall–Kier alpha value is -3.08. The molecule has 0 aliphatic carbocycles. The third kappa shape index (κ3) is 4.86. The molecular weight excluding hydrogens is 474 g/mol. The number of likely N-dealkylation sites (tertiary alicyclic amines) is 1. The van der Waals surface area contributed by atoms with Gasteiger partial charge in [0.1, 0.15) is 11.4 Å². The molecule has 10 nitrogen and oxygen atoms in total. The molecule has 1 unspecified atom stereocenters. The Balaban J connectivity index is 1.82. The molecule has 0 saturated carbocycles. The molecule has 1 saturated heterocycles. The van der Waals surface area contributed by atoms with Crippen LogP contribution in [0.3, 0.4) is 0 Å². The minimum Gasteiger partial charge on any atom is -0.497 e. The number of hydrogen-bond acceptors (Lipinski definition) is 8. The largest absolute Gasteiger partial charge is 0.497 e. The lowest BCUT2D eigenvalue weighted by atomic mass is 10.0. The molecule has 190 valence electrons. The first-order valence-corrected chi connectivity index (χ1v) is 13.3. The molecular formula is C24H31N3O7S. The van der Waals surface area contributed by atoms with Crippen molar-refractivity contribution in [2.24, 2.45) is 0 Å². The van der Waals surface area contributed by atoms with Crippen molar-refractivity contribution in [2.75, 3.05) is 26.8 Å². The summed E-state index contributed by atoms with van der Waals surface area (Å²) in [5.41, 5.74) is 0.677. The molecule has 0 N–H and O–H groups in total. The molecule has 4 rings (SSSR count). The number of carbonyl (C=O) groups is 2. The van der Waals surface area contributed by atoms with Crippen LogP contribution in [0.25, 0.3) is 11.3 Å². The number of nitrogens with zero attached hydrogens (tertiary/aromatic N) is 3. The molecule has 0 spiro atoms. The maximum atomic E-state index is 13.2. The number of hydrogen-bond donors (Lipinski definition) is 0. The van der Waals surface area contributed by atoms with Crippen molar-refractivity contribution in [1.82, 2.24) is 14.7 Å². The van der Waals surface area contributed by atoms with Gasteiger partial charge in [-0.25, -0.2) is 18.0 Å². The van der Waals surface area contributed by atoms with Gasteiger partial charge in [-0.2, -0.15) is 5.10 Å². The third-order valence-electron chi connectivity index (χ3n) is 5.98. The number of carbonyl (C=O) groups excluding carboxylic acids is 2. The molecule has 1 amide bonds. The molecule has 0 bridgehead atoms. The average molecular weight is 506 g/mol. The van der Waals surface area contributed by atoms with Crippen molar-refractivity contribution in [1.29, 1.82) is 0 Å². The van der Waals surface area contributed by atoms with Crippen LogP contribution in [0.2, 0.25) is 0 Å². The molecule has 1 atom stereocenters. The number of esters is 1. The highest BCUT2D eigenvalue weighted by Gasteiger charge is 2.39. The lowest BCUT2D eigenvalue weighted by molar-refractivity contribution is 0.0166. The van der Waals surface area contributed by atoms with E-state index in [1.165, 1.54) is 13.2 Å². The van der Waals surface area contributed by atoms with E-state index in [-0.39, 0.29) is 29.0 Å². The van der Waals surface area contributed by atoms with E-state index < -0.39 is 27.5 Å². The molecule has 0 radical (unpaired) electrons. The van der Waals surface area contributed by atoms with Gasteiger partial charge in [-0.15, -0.1) is 0 Å². The van der Waals surface area contributed by atoms with Crippen LogP contribution in [0.1, 0.15) is 62.6 Å². The molecule has 2 aliphatic heterocycles. The predicted octanol–water partition coefficient (Wildman–Crippen LogP) is 3.59. The maximum absolute atomic E-state index is 13.2. The zero-order chi connectivity index (χ0) is 25.5. The van der Waals surface area contributed by atoms with Crippen LogP contribution in [0.15, 0.2) is 23.1 Å². The second-order valence-corrected chi connectivity index (χ2v) is 11.6. The van der Waals surface area contributed by atoms with Crippen LogP contribution in [0, 0.1) is 0 Å². The fourth-order valence-electron chi connectivity index (χ4n) is 4.52. The summed E-state index contributed by atoms with van der Waals surface area (Å²) in [5.74, 6) is -0.630. The molecule has 2 aromatic rings. The highest BCUT2D eigenvalue weighted by atomic mass is 32.2. The highest BCUT2D eigenvalue weighted by Crippen LogP contribution is 2.43. The Kier molecular flexibility index (Phi) is 6.56. The first kappa shape index (κ1) is 25.0. The molecule has 1 aromatic carbocycles. The molecule has 35 heavy (non-hydrogen) atoms. The van der Waals surface area contributed by atoms with Gasteiger partial charge in [0.2, 0.25) is 0 Å². The summed E-state index contributed by atoms with van der Waals surface area (Å²) in [6.45, 7) is 8.12. The van der Waals surface area contributed by atoms with E-state index in [1.54, 1.807) is 28.6 Å². The summed E-state index contributed by atoms with van der Waals surface area (Å²) in [6.07, 6.45) is 0.996. The molecule has 1 aromatic heterocycles. The summed E-state index contributed by atoms with van der Waals surface area (Å²) in [6, 6.07) is 4.57. The summed E-state index contributed by atoms with van der Waals surface area (Å²) in [7, 11) is -2.28. The fraction of sp³-hybridized carbons (Fsp3) is 0.542. The number of fused-ring (bicyclic) bond motifs is 3. The minimum absolute atomic E-state index is 0.0127. The van der Waals surface area contributed by atoms with Crippen molar-refractivity contribution in [3.63, 3.8) is 0 Å². The SMILES string of the molecule is CCOC(=O)c1nn(C2CCCN(C(=O)OC(C)(C)C)C2)c2c1CS(=O)(=O)c1cc(OC)ccc1-2. The Labute approximate surface area is 205 Å². The third-order valence-corrected chi connectivity index (χ3v) is 7.66. The Morgan fingerprint density at radius 3 is 2.63 bits per heavy atom. The number of rotatable bonds is 4. The van der Waals surface area contributed by atoms with Crippen molar-refractivity contribution in [3.8, 4) is 17.0 Å². The Bertz CT molecular complexity index is 1260. The number of piperidine rings is 1. The molecule has 3 heterocycles. The summed E-state index contributed by atoms with van der Waals surface area (Å²) >= 11 is 0. The first-order chi connectivity index (χ1) is 16.4. The van der Waals surface area contributed by atoms with Gasteiger partial charge in [0.25, 0.3) is 0 Å². The van der Waals surface area contributed by atoms with Gasteiger partial charge in [0.05, 0.1) is 36.1 Å². The van der Waals surface area contributed by atoms with Gasteiger partial charge < -0.3 is 19.1 Å². The lowest BCUT2D eigenvalue weighted by Gasteiger charge is -2.35. The maximum Gasteiger partial charge on any atom is 0.410 e. The van der Waals surface area contributed by atoms with Gasteiger partial charge in [0, 0.05) is 24.2 Å². The van der Waals surface area contributed by atoms with E-state index in [0.717, 1.165) is 0 Å². The summed E-state index contributed by atoms with van der Waals surface area (Å²) in [4.78, 5) is 27.3. The number of sulfone groups is 1. The standard InChI is InChI=1S/C24H31N3O7S/c1-6-33-22(28)20-18-14-35(30,31)19-12-16(32-5)9-10-17(19)21(18)27(25-20)15-8-7-11-26(13-15)23(29)34-24(2,3)4/h9-10,12,15H,6-8,11,13-14H2,1-5H3. The lowest BCUT2D eigenvalue weighted by Crippen LogP contribution is -2.43. The van der Waals surface area contributed by atoms with Gasteiger partial charge >= 0.3 is 12.1 Å². The Morgan fingerprint density at radius 2 is 1.97 bits per heavy atom. The number of aromatic nitrogens is 2. The van der Waals surface area contributed by atoms with E-state index >= 15 is 0 Å². The molecule has 11 heteroatoms. The molecule has 1 fully saturated rings. The smallest absolute Gasteiger partial charge is 0.410 e. The van der Waals surface area contributed by atoms with Gasteiger partial charge in [0.15, 0.2) is 15.5 Å². The monoisotopic (exact) mass is 505 g/mol. The predicted molar refractivity (Wildman–Crippen MR) is 127 cm³/mol. The second-order valence-electron chi connectivity index (χ2n) is 9.68.